The number of aromatic nitrogens is 2. The van der Waals surface area contributed by atoms with E-state index in [1.54, 1.807) is 0 Å². The summed E-state index contributed by atoms with van der Waals surface area (Å²) >= 11 is 0. The first-order valence-corrected chi connectivity index (χ1v) is 7.07. The molecule has 0 aliphatic carbocycles. The Morgan fingerprint density at radius 1 is 1.30 bits per heavy atom. The molecule has 0 spiro atoms. The highest BCUT2D eigenvalue weighted by Gasteiger charge is 2.05. The van der Waals surface area contributed by atoms with Crippen molar-refractivity contribution in [3.8, 4) is 5.75 Å². The Bertz CT molecular complexity index is 534. The summed E-state index contributed by atoms with van der Waals surface area (Å²) in [6.07, 6.45) is 4.58. The quantitative estimate of drug-likeness (QED) is 0.842. The number of imidazole rings is 1. The molecule has 1 aromatic carbocycles. The number of ether oxygens (including phenoxy) is 1. The highest BCUT2D eigenvalue weighted by molar-refractivity contribution is 5.33. The molecule has 0 unspecified atom stereocenters. The molecule has 0 saturated carbocycles. The van der Waals surface area contributed by atoms with Gasteiger partial charge in [-0.25, -0.2) is 4.98 Å². The van der Waals surface area contributed by atoms with Crippen LogP contribution in [0.4, 0.5) is 0 Å². The maximum absolute atomic E-state index is 5.90. The summed E-state index contributed by atoms with van der Waals surface area (Å²) in [5, 5.41) is 3.42. The lowest BCUT2D eigenvalue weighted by Crippen LogP contribution is -2.22. The van der Waals surface area contributed by atoms with Crippen molar-refractivity contribution in [2.45, 2.75) is 32.9 Å². The van der Waals surface area contributed by atoms with Crippen molar-refractivity contribution in [2.75, 3.05) is 6.61 Å². The van der Waals surface area contributed by atoms with Crippen molar-refractivity contribution in [3.05, 3.63) is 48.0 Å². The Kier molecular flexibility index (Phi) is 5.18. The maximum atomic E-state index is 5.90. The van der Waals surface area contributed by atoms with E-state index in [1.807, 2.05) is 42.2 Å². The summed E-state index contributed by atoms with van der Waals surface area (Å²) in [5.74, 6) is 2.00. The van der Waals surface area contributed by atoms with E-state index in [9.17, 15) is 0 Å². The van der Waals surface area contributed by atoms with E-state index < -0.39 is 0 Å². The topological polar surface area (TPSA) is 39.1 Å². The SMILES string of the molecule is CC(C)NCc1ccccc1OCCc1nccn1C. The molecule has 4 nitrogen and oxygen atoms in total. The highest BCUT2D eigenvalue weighted by atomic mass is 16.5. The molecule has 0 amide bonds. The fourth-order valence-electron chi connectivity index (χ4n) is 1.99. The van der Waals surface area contributed by atoms with E-state index in [2.05, 4.69) is 30.2 Å². The molecule has 20 heavy (non-hydrogen) atoms. The van der Waals surface area contributed by atoms with Crippen molar-refractivity contribution in [2.24, 2.45) is 7.05 Å². The minimum absolute atomic E-state index is 0.468. The number of hydrogen-bond acceptors (Lipinski definition) is 3. The summed E-state index contributed by atoms with van der Waals surface area (Å²) in [6, 6.07) is 8.65. The molecular weight excluding hydrogens is 250 g/mol. The number of aryl methyl sites for hydroxylation is 1. The third kappa shape index (κ3) is 4.10. The number of rotatable bonds is 7. The lowest BCUT2D eigenvalue weighted by Gasteiger charge is -2.13. The van der Waals surface area contributed by atoms with Crippen LogP contribution in [0, 0.1) is 0 Å². The van der Waals surface area contributed by atoms with E-state index in [4.69, 9.17) is 4.74 Å². The molecule has 2 aromatic rings. The number of nitrogens with one attached hydrogen (secondary N) is 1. The van der Waals surface area contributed by atoms with Gasteiger partial charge in [0.25, 0.3) is 0 Å². The number of hydrogen-bond donors (Lipinski definition) is 1. The monoisotopic (exact) mass is 273 g/mol. The first-order valence-electron chi connectivity index (χ1n) is 7.07. The van der Waals surface area contributed by atoms with Crippen LogP contribution in [0.25, 0.3) is 0 Å². The zero-order chi connectivity index (χ0) is 14.4. The molecule has 1 heterocycles. The van der Waals surface area contributed by atoms with Gasteiger partial charge in [0.05, 0.1) is 6.61 Å². The molecule has 4 heteroatoms. The Labute approximate surface area is 120 Å². The van der Waals surface area contributed by atoms with Gasteiger partial charge < -0.3 is 14.6 Å². The Morgan fingerprint density at radius 2 is 2.10 bits per heavy atom. The van der Waals surface area contributed by atoms with Crippen LogP contribution in [0.5, 0.6) is 5.75 Å². The molecule has 0 atom stereocenters. The van der Waals surface area contributed by atoms with Crippen LogP contribution >= 0.6 is 0 Å². The predicted octanol–water partition coefficient (Wildman–Crippen LogP) is 2.54. The van der Waals surface area contributed by atoms with E-state index in [1.165, 1.54) is 5.56 Å². The van der Waals surface area contributed by atoms with Crippen LogP contribution in [0.2, 0.25) is 0 Å². The van der Waals surface area contributed by atoms with Gasteiger partial charge in [0.2, 0.25) is 0 Å². The summed E-state index contributed by atoms with van der Waals surface area (Å²) < 4.78 is 7.93. The fraction of sp³-hybridized carbons (Fsp3) is 0.438. The molecule has 108 valence electrons. The van der Waals surface area contributed by atoms with Crippen molar-refractivity contribution >= 4 is 0 Å². The van der Waals surface area contributed by atoms with Gasteiger partial charge >= 0.3 is 0 Å². The normalized spacial score (nSPS) is 11.0. The second-order valence-electron chi connectivity index (χ2n) is 5.20. The molecule has 2 rings (SSSR count). The molecular formula is C16H23N3O. The molecule has 1 N–H and O–H groups in total. The van der Waals surface area contributed by atoms with Crippen LogP contribution in [0.1, 0.15) is 25.2 Å². The van der Waals surface area contributed by atoms with Crippen LogP contribution in [-0.2, 0) is 20.0 Å². The molecule has 0 radical (unpaired) electrons. The maximum Gasteiger partial charge on any atom is 0.123 e. The van der Waals surface area contributed by atoms with Gasteiger partial charge in [0.1, 0.15) is 11.6 Å². The van der Waals surface area contributed by atoms with Gasteiger partial charge in [-0.05, 0) is 6.07 Å². The standard InChI is InChI=1S/C16H23N3O/c1-13(2)18-12-14-6-4-5-7-15(14)20-11-8-16-17-9-10-19(16)3/h4-7,9-10,13,18H,8,11-12H2,1-3H3. The van der Waals surface area contributed by atoms with E-state index >= 15 is 0 Å². The summed E-state index contributed by atoms with van der Waals surface area (Å²) in [4.78, 5) is 4.30. The molecule has 0 aliphatic heterocycles. The average molecular weight is 273 g/mol. The third-order valence-electron chi connectivity index (χ3n) is 3.18. The minimum Gasteiger partial charge on any atom is -0.493 e. The summed E-state index contributed by atoms with van der Waals surface area (Å²) in [6.45, 7) is 5.76. The Morgan fingerprint density at radius 3 is 2.80 bits per heavy atom. The summed E-state index contributed by atoms with van der Waals surface area (Å²) in [5.41, 5.74) is 1.20. The Balaban J connectivity index is 1.90. The zero-order valence-electron chi connectivity index (χ0n) is 12.5. The van der Waals surface area contributed by atoms with Gasteiger partial charge in [0, 0.05) is 44.0 Å². The van der Waals surface area contributed by atoms with Crippen molar-refractivity contribution in [3.63, 3.8) is 0 Å². The lowest BCUT2D eigenvalue weighted by molar-refractivity contribution is 0.313. The first-order chi connectivity index (χ1) is 9.66. The minimum atomic E-state index is 0.468. The van der Waals surface area contributed by atoms with Crippen LogP contribution in [-0.4, -0.2) is 22.2 Å². The van der Waals surface area contributed by atoms with Gasteiger partial charge in [-0.1, -0.05) is 32.0 Å². The fourth-order valence-corrected chi connectivity index (χ4v) is 1.99. The van der Waals surface area contributed by atoms with E-state index in [0.29, 0.717) is 12.6 Å². The van der Waals surface area contributed by atoms with Crippen LogP contribution in [0.15, 0.2) is 36.7 Å². The number of nitrogens with zero attached hydrogens (tertiary/aromatic N) is 2. The number of para-hydroxylation sites is 1. The molecule has 1 aromatic heterocycles. The van der Waals surface area contributed by atoms with Crippen molar-refractivity contribution < 1.29 is 4.74 Å². The van der Waals surface area contributed by atoms with Crippen LogP contribution < -0.4 is 10.1 Å². The largest absolute Gasteiger partial charge is 0.493 e. The lowest BCUT2D eigenvalue weighted by atomic mass is 10.2. The third-order valence-corrected chi connectivity index (χ3v) is 3.18. The molecule has 0 bridgehead atoms. The summed E-state index contributed by atoms with van der Waals surface area (Å²) in [7, 11) is 2.00. The second-order valence-corrected chi connectivity index (χ2v) is 5.20. The molecule has 0 saturated heterocycles. The Hall–Kier alpha value is -1.81. The van der Waals surface area contributed by atoms with Gasteiger partial charge in [-0.3, -0.25) is 0 Å². The van der Waals surface area contributed by atoms with Crippen molar-refractivity contribution in [1.29, 1.82) is 0 Å². The van der Waals surface area contributed by atoms with Crippen LogP contribution in [0.3, 0.4) is 0 Å². The van der Waals surface area contributed by atoms with Gasteiger partial charge in [-0.15, -0.1) is 0 Å². The van der Waals surface area contributed by atoms with E-state index in [0.717, 1.165) is 24.5 Å². The van der Waals surface area contributed by atoms with Gasteiger partial charge in [0.15, 0.2) is 0 Å². The van der Waals surface area contributed by atoms with E-state index in [-0.39, 0.29) is 0 Å². The molecule has 0 fully saturated rings. The molecule has 0 aliphatic rings. The van der Waals surface area contributed by atoms with Crippen molar-refractivity contribution in [1.82, 2.24) is 14.9 Å². The zero-order valence-corrected chi connectivity index (χ0v) is 12.5. The van der Waals surface area contributed by atoms with Gasteiger partial charge in [-0.2, -0.15) is 0 Å². The first kappa shape index (κ1) is 14.6. The number of benzene rings is 1. The highest BCUT2D eigenvalue weighted by Crippen LogP contribution is 2.18. The smallest absolute Gasteiger partial charge is 0.123 e. The average Bonchev–Trinajstić information content (AvgIpc) is 2.83. The predicted molar refractivity (Wildman–Crippen MR) is 80.8 cm³/mol. The second kappa shape index (κ2) is 7.10.